The van der Waals surface area contributed by atoms with Crippen molar-refractivity contribution in [3.05, 3.63) is 35.4 Å². The molecule has 1 aromatic rings. The molecule has 0 heterocycles. The summed E-state index contributed by atoms with van der Waals surface area (Å²) in [6.07, 6.45) is -1.93. The molecule has 1 nitrogen and oxygen atoms in total. The second kappa shape index (κ2) is 5.47. The van der Waals surface area contributed by atoms with Crippen LogP contribution in [0.25, 0.3) is 0 Å². The topological polar surface area (TPSA) is 17.1 Å². The highest BCUT2D eigenvalue weighted by Crippen LogP contribution is 2.41. The summed E-state index contributed by atoms with van der Waals surface area (Å²) in [6, 6.07) is 5.22. The van der Waals surface area contributed by atoms with Crippen molar-refractivity contribution >= 4 is 5.78 Å². The van der Waals surface area contributed by atoms with Crippen molar-refractivity contribution < 1.29 is 18.0 Å². The van der Waals surface area contributed by atoms with Gasteiger partial charge in [-0.25, -0.2) is 0 Å². The van der Waals surface area contributed by atoms with E-state index in [0.717, 1.165) is 30.5 Å². The Morgan fingerprint density at radius 3 is 2.00 bits per heavy atom. The Balaban J connectivity index is 2.25. The number of hydrogen-bond acceptors (Lipinski definition) is 1. The maximum absolute atomic E-state index is 12.6. The summed E-state index contributed by atoms with van der Waals surface area (Å²) in [5.74, 6) is 0.543. The molecule has 0 saturated heterocycles. The van der Waals surface area contributed by atoms with Crippen LogP contribution in [0.3, 0.4) is 0 Å². The molecule has 0 aromatic heterocycles. The van der Waals surface area contributed by atoms with Gasteiger partial charge in [0, 0.05) is 12.3 Å². The van der Waals surface area contributed by atoms with Crippen LogP contribution in [-0.2, 0) is 16.4 Å². The third-order valence-electron chi connectivity index (χ3n) is 4.71. The maximum atomic E-state index is 12.6. The van der Waals surface area contributed by atoms with Gasteiger partial charge < -0.3 is 0 Å². The molecule has 21 heavy (non-hydrogen) atoms. The number of halogens is 3. The maximum Gasteiger partial charge on any atom is 0.416 e. The Bertz CT molecular complexity index is 514. The summed E-state index contributed by atoms with van der Waals surface area (Å²) >= 11 is 0. The average Bonchev–Trinajstić information content (AvgIpc) is 2.37. The van der Waals surface area contributed by atoms with Crippen LogP contribution in [0.2, 0.25) is 0 Å². The van der Waals surface area contributed by atoms with Crippen molar-refractivity contribution in [2.75, 3.05) is 0 Å². The van der Waals surface area contributed by atoms with Crippen LogP contribution >= 0.6 is 0 Å². The van der Waals surface area contributed by atoms with Gasteiger partial charge in [0.2, 0.25) is 0 Å². The smallest absolute Gasteiger partial charge is 0.299 e. The van der Waals surface area contributed by atoms with Crippen molar-refractivity contribution in [2.45, 2.75) is 51.6 Å². The van der Waals surface area contributed by atoms with Crippen LogP contribution < -0.4 is 0 Å². The van der Waals surface area contributed by atoms with Crippen LogP contribution in [0, 0.1) is 11.8 Å². The number of alkyl halides is 3. The molecular formula is C17H21F3O. The Morgan fingerprint density at radius 1 is 1.00 bits per heavy atom. The van der Waals surface area contributed by atoms with Crippen LogP contribution in [0.4, 0.5) is 13.2 Å². The molecule has 0 bridgehead atoms. The first-order valence-corrected chi connectivity index (χ1v) is 7.33. The van der Waals surface area contributed by atoms with E-state index in [2.05, 4.69) is 6.92 Å². The Hall–Kier alpha value is -1.32. The number of carbonyl (C=O) groups is 1. The van der Waals surface area contributed by atoms with Crippen molar-refractivity contribution in [3.63, 3.8) is 0 Å². The lowest BCUT2D eigenvalue weighted by Crippen LogP contribution is -2.38. The lowest BCUT2D eigenvalue weighted by molar-refractivity contribution is -0.137. The minimum Gasteiger partial charge on any atom is -0.299 e. The highest BCUT2D eigenvalue weighted by molar-refractivity contribution is 5.83. The number of carbonyl (C=O) groups excluding carboxylic acids is 1. The van der Waals surface area contributed by atoms with Gasteiger partial charge in [-0.2, -0.15) is 13.2 Å². The molecule has 2 atom stereocenters. The second-order valence-electron chi connectivity index (χ2n) is 6.70. The molecule has 1 aliphatic carbocycles. The third kappa shape index (κ3) is 3.30. The predicted octanol–water partition coefficient (Wildman–Crippen LogP) is 4.99. The van der Waals surface area contributed by atoms with Crippen LogP contribution in [0.1, 0.15) is 51.2 Å². The van der Waals surface area contributed by atoms with Gasteiger partial charge in [-0.3, -0.25) is 4.79 Å². The second-order valence-corrected chi connectivity index (χ2v) is 6.70. The summed E-state index contributed by atoms with van der Waals surface area (Å²) in [7, 11) is 0. The zero-order chi connectivity index (χ0) is 15.8. The van der Waals surface area contributed by atoms with Crippen molar-refractivity contribution in [2.24, 2.45) is 11.8 Å². The molecule has 4 heteroatoms. The van der Waals surface area contributed by atoms with Gasteiger partial charge in [0.25, 0.3) is 0 Å². The zero-order valence-corrected chi connectivity index (χ0v) is 12.6. The first-order valence-electron chi connectivity index (χ1n) is 7.33. The van der Waals surface area contributed by atoms with Gasteiger partial charge in [0.1, 0.15) is 5.78 Å². The van der Waals surface area contributed by atoms with E-state index in [0.29, 0.717) is 12.3 Å². The molecule has 2 unspecified atom stereocenters. The van der Waals surface area contributed by atoms with E-state index in [-0.39, 0.29) is 11.7 Å². The van der Waals surface area contributed by atoms with Gasteiger partial charge in [-0.15, -0.1) is 0 Å². The lowest BCUT2D eigenvalue weighted by Gasteiger charge is -2.38. The van der Waals surface area contributed by atoms with E-state index in [1.165, 1.54) is 12.1 Å². The van der Waals surface area contributed by atoms with E-state index in [4.69, 9.17) is 0 Å². The molecule has 1 fully saturated rings. The standard InChI is InChI=1S/C17H21F3O/c1-11-4-9-14(15(21)10-11)16(2,3)12-5-7-13(8-6-12)17(18,19)20/h5-8,11,14H,4,9-10H2,1-3H3. The van der Waals surface area contributed by atoms with Gasteiger partial charge in [-0.1, -0.05) is 32.9 Å². The molecule has 0 spiro atoms. The van der Waals surface area contributed by atoms with Gasteiger partial charge in [-0.05, 0) is 41.9 Å². The van der Waals surface area contributed by atoms with Crippen molar-refractivity contribution in [3.8, 4) is 0 Å². The average molecular weight is 298 g/mol. The zero-order valence-electron chi connectivity index (χ0n) is 12.6. The molecule has 1 saturated carbocycles. The SMILES string of the molecule is CC1CCC(C(C)(C)c2ccc(C(F)(F)F)cc2)C(=O)C1. The Labute approximate surface area is 123 Å². The Kier molecular flexibility index (Phi) is 4.18. The van der Waals surface area contributed by atoms with E-state index < -0.39 is 17.2 Å². The van der Waals surface area contributed by atoms with Crippen LogP contribution in [0.5, 0.6) is 0 Å². The fraction of sp³-hybridized carbons (Fsp3) is 0.588. The van der Waals surface area contributed by atoms with Gasteiger partial charge in [0.15, 0.2) is 0 Å². The van der Waals surface area contributed by atoms with Crippen molar-refractivity contribution in [1.29, 1.82) is 0 Å². The van der Waals surface area contributed by atoms with Gasteiger partial charge in [0.05, 0.1) is 5.56 Å². The Morgan fingerprint density at radius 2 is 1.52 bits per heavy atom. The molecule has 1 aliphatic rings. The van der Waals surface area contributed by atoms with E-state index in [9.17, 15) is 18.0 Å². The number of rotatable bonds is 2. The predicted molar refractivity (Wildman–Crippen MR) is 76.0 cm³/mol. The fourth-order valence-corrected chi connectivity index (χ4v) is 3.25. The molecule has 0 aliphatic heterocycles. The summed E-state index contributed by atoms with van der Waals surface area (Å²) in [5.41, 5.74) is -0.282. The highest BCUT2D eigenvalue weighted by Gasteiger charge is 2.39. The molecule has 1 aromatic carbocycles. The minimum atomic E-state index is -4.32. The van der Waals surface area contributed by atoms with Crippen LogP contribution in [-0.4, -0.2) is 5.78 Å². The number of ketones is 1. The molecule has 0 radical (unpaired) electrons. The summed E-state index contributed by atoms with van der Waals surface area (Å²) in [5, 5.41) is 0. The number of benzene rings is 1. The highest BCUT2D eigenvalue weighted by atomic mass is 19.4. The molecule has 0 N–H and O–H groups in total. The minimum absolute atomic E-state index is 0.106. The number of Topliss-reactive ketones (excluding diaryl/α,β-unsaturated/α-hetero) is 1. The summed E-state index contributed by atoms with van der Waals surface area (Å²) in [4.78, 5) is 12.3. The van der Waals surface area contributed by atoms with Gasteiger partial charge >= 0.3 is 6.18 Å². The monoisotopic (exact) mass is 298 g/mol. The van der Waals surface area contributed by atoms with E-state index >= 15 is 0 Å². The third-order valence-corrected chi connectivity index (χ3v) is 4.71. The quantitative estimate of drug-likeness (QED) is 0.752. The first-order chi connectivity index (χ1) is 9.62. The van der Waals surface area contributed by atoms with Crippen molar-refractivity contribution in [1.82, 2.24) is 0 Å². The van der Waals surface area contributed by atoms with Crippen LogP contribution in [0.15, 0.2) is 24.3 Å². The lowest BCUT2D eigenvalue weighted by atomic mass is 9.65. The molecule has 116 valence electrons. The molecule has 2 rings (SSSR count). The fourth-order valence-electron chi connectivity index (χ4n) is 3.25. The molecular weight excluding hydrogens is 277 g/mol. The largest absolute Gasteiger partial charge is 0.416 e. The molecule has 0 amide bonds. The first kappa shape index (κ1) is 16.1. The van der Waals surface area contributed by atoms with E-state index in [1.54, 1.807) is 0 Å². The summed E-state index contributed by atoms with van der Waals surface area (Å²) < 4.78 is 37.9. The summed E-state index contributed by atoms with van der Waals surface area (Å²) in [6.45, 7) is 5.97. The normalized spacial score (nSPS) is 24.2. The van der Waals surface area contributed by atoms with E-state index in [1.807, 2.05) is 13.8 Å². The number of hydrogen-bond donors (Lipinski definition) is 0.